The summed E-state index contributed by atoms with van der Waals surface area (Å²) in [6.07, 6.45) is 3.51. The first-order valence-corrected chi connectivity index (χ1v) is 15.4. The van der Waals surface area contributed by atoms with Gasteiger partial charge in [0.25, 0.3) is 0 Å². The topological polar surface area (TPSA) is 92.7 Å². The van der Waals surface area contributed by atoms with Crippen LogP contribution in [0.4, 0.5) is 30.3 Å². The number of halogens is 2. The number of aromatic nitrogens is 3. The molecule has 44 heavy (non-hydrogen) atoms. The second kappa shape index (κ2) is 11.6. The molecule has 12 heteroatoms. The second-order valence-electron chi connectivity index (χ2n) is 12.1. The zero-order chi connectivity index (χ0) is 31.2. The fourth-order valence-electron chi connectivity index (χ4n) is 5.30. The molecule has 1 N–H and O–H groups in total. The minimum Gasteiger partial charge on any atom is -0.486 e. The summed E-state index contributed by atoms with van der Waals surface area (Å²) in [5.41, 5.74) is 3.27. The van der Waals surface area contributed by atoms with Gasteiger partial charge in [0.1, 0.15) is 17.9 Å². The van der Waals surface area contributed by atoms with Crippen molar-refractivity contribution in [2.75, 3.05) is 36.5 Å². The van der Waals surface area contributed by atoms with Crippen molar-refractivity contribution in [3.8, 4) is 17.0 Å². The lowest BCUT2D eigenvalue weighted by molar-refractivity contribution is 0.0270. The lowest BCUT2D eigenvalue weighted by Crippen LogP contribution is -2.39. The summed E-state index contributed by atoms with van der Waals surface area (Å²) < 4.78 is 42.1. The van der Waals surface area contributed by atoms with Gasteiger partial charge in [-0.25, -0.2) is 28.5 Å². The maximum Gasteiger partial charge on any atom is 0.410 e. The lowest BCUT2D eigenvalue weighted by Gasteiger charge is -2.34. The molecule has 0 fully saturated rings. The Kier molecular flexibility index (Phi) is 7.87. The molecule has 1 amide bonds. The molecule has 0 unspecified atom stereocenters. The highest BCUT2D eigenvalue weighted by molar-refractivity contribution is 7.22. The molecule has 9 nitrogen and oxygen atoms in total. The molecule has 230 valence electrons. The van der Waals surface area contributed by atoms with E-state index in [-0.39, 0.29) is 29.5 Å². The van der Waals surface area contributed by atoms with Crippen molar-refractivity contribution < 1.29 is 23.0 Å². The third kappa shape index (κ3) is 6.17. The minimum absolute atomic E-state index is 0.0217. The van der Waals surface area contributed by atoms with Gasteiger partial charge in [0.05, 0.1) is 28.6 Å². The highest BCUT2D eigenvalue weighted by atomic mass is 32.1. The largest absolute Gasteiger partial charge is 0.486 e. The first-order chi connectivity index (χ1) is 20.9. The van der Waals surface area contributed by atoms with Crippen LogP contribution in [0.3, 0.4) is 0 Å². The van der Waals surface area contributed by atoms with E-state index in [2.05, 4.69) is 15.3 Å². The van der Waals surface area contributed by atoms with Crippen molar-refractivity contribution in [1.29, 1.82) is 0 Å². The van der Waals surface area contributed by atoms with Gasteiger partial charge >= 0.3 is 6.09 Å². The maximum absolute atomic E-state index is 15.1. The number of amides is 1. The molecule has 0 saturated carbocycles. The molecule has 2 aliphatic rings. The number of rotatable bonds is 5. The Labute approximate surface area is 258 Å². The summed E-state index contributed by atoms with van der Waals surface area (Å²) in [5, 5.41) is 3.63. The fourth-order valence-corrected chi connectivity index (χ4v) is 6.14. The highest BCUT2D eigenvalue weighted by Crippen LogP contribution is 2.40. The van der Waals surface area contributed by atoms with Gasteiger partial charge in [-0.05, 0) is 76.4 Å². The summed E-state index contributed by atoms with van der Waals surface area (Å²) in [4.78, 5) is 29.4. The summed E-state index contributed by atoms with van der Waals surface area (Å²) in [6, 6.07) is 9.12. The van der Waals surface area contributed by atoms with Crippen molar-refractivity contribution >= 4 is 50.0 Å². The van der Waals surface area contributed by atoms with E-state index in [4.69, 9.17) is 14.5 Å². The number of hydrogen-bond donors (Lipinski definition) is 1. The van der Waals surface area contributed by atoms with Crippen molar-refractivity contribution in [3.05, 3.63) is 59.8 Å². The van der Waals surface area contributed by atoms with E-state index in [1.54, 1.807) is 11.0 Å². The van der Waals surface area contributed by atoms with Gasteiger partial charge in [-0.1, -0.05) is 23.5 Å². The van der Waals surface area contributed by atoms with Crippen molar-refractivity contribution in [1.82, 2.24) is 19.9 Å². The maximum atomic E-state index is 15.1. The third-order valence-electron chi connectivity index (χ3n) is 7.39. The lowest BCUT2D eigenvalue weighted by atomic mass is 9.99. The van der Waals surface area contributed by atoms with Crippen LogP contribution in [0.5, 0.6) is 5.75 Å². The summed E-state index contributed by atoms with van der Waals surface area (Å²) in [6.45, 7) is 11.6. The SMILES string of the molecule is CC(C)N1CCOc2c(F)cc(-c3nc(Nc4nc5cc(C6=CCN(C(=O)OC(C)(C)C)CC6)ccc5s4)ncc3F)cc21. The molecular weight excluding hydrogens is 586 g/mol. The van der Waals surface area contributed by atoms with Crippen LogP contribution >= 0.6 is 11.3 Å². The molecule has 4 aromatic rings. The van der Waals surface area contributed by atoms with E-state index in [1.807, 2.05) is 63.8 Å². The number of benzene rings is 2. The Morgan fingerprint density at radius 3 is 2.64 bits per heavy atom. The monoisotopic (exact) mass is 620 g/mol. The molecule has 0 atom stereocenters. The van der Waals surface area contributed by atoms with Crippen LogP contribution in [0.2, 0.25) is 0 Å². The summed E-state index contributed by atoms with van der Waals surface area (Å²) in [5.74, 6) is -0.918. The van der Waals surface area contributed by atoms with Crippen LogP contribution in [-0.4, -0.2) is 63.8 Å². The Hall–Kier alpha value is -4.32. The van der Waals surface area contributed by atoms with E-state index >= 15 is 4.39 Å². The number of carbonyl (C=O) groups excluding carboxylic acids is 1. The smallest absolute Gasteiger partial charge is 0.410 e. The number of nitrogens with one attached hydrogen (secondary N) is 1. The van der Waals surface area contributed by atoms with Gasteiger partial charge in [-0.15, -0.1) is 0 Å². The molecule has 0 spiro atoms. The molecule has 0 bridgehead atoms. The molecule has 4 heterocycles. The van der Waals surface area contributed by atoms with E-state index in [9.17, 15) is 9.18 Å². The quantitative estimate of drug-likeness (QED) is 0.247. The van der Waals surface area contributed by atoms with Crippen molar-refractivity contribution in [2.24, 2.45) is 0 Å². The first-order valence-electron chi connectivity index (χ1n) is 14.6. The van der Waals surface area contributed by atoms with E-state index in [0.29, 0.717) is 49.0 Å². The molecule has 6 rings (SSSR count). The molecule has 2 aromatic carbocycles. The second-order valence-corrected chi connectivity index (χ2v) is 13.1. The van der Waals surface area contributed by atoms with Crippen molar-refractivity contribution in [3.63, 3.8) is 0 Å². The zero-order valence-corrected chi connectivity index (χ0v) is 26.1. The Morgan fingerprint density at radius 1 is 1.09 bits per heavy atom. The number of thiazole rings is 1. The third-order valence-corrected chi connectivity index (χ3v) is 8.34. The molecular formula is C32H34F2N6O3S. The number of nitrogens with zero attached hydrogens (tertiary/aromatic N) is 5. The van der Waals surface area contributed by atoms with Crippen LogP contribution in [0.25, 0.3) is 27.0 Å². The predicted octanol–water partition coefficient (Wildman–Crippen LogP) is 7.41. The Balaban J connectivity index is 1.21. The first kappa shape index (κ1) is 29.7. The molecule has 0 aliphatic carbocycles. The van der Waals surface area contributed by atoms with Crippen LogP contribution in [0, 0.1) is 11.6 Å². The standard InChI is InChI=1S/C32H34F2N6O3S/c1-18(2)40-12-13-42-28-22(33)14-21(16-25(28)40)27-23(34)17-35-29(37-27)38-30-36-24-15-20(6-7-26(24)44-30)19-8-10-39(11-9-19)31(41)43-32(3,4)5/h6-8,14-18H,9-13H2,1-5H3,(H,35,36,37,38). The summed E-state index contributed by atoms with van der Waals surface area (Å²) >= 11 is 1.42. The average Bonchev–Trinajstić information content (AvgIpc) is 3.38. The van der Waals surface area contributed by atoms with Gasteiger partial charge in [0.15, 0.2) is 22.5 Å². The van der Waals surface area contributed by atoms with Crippen LogP contribution in [0.15, 0.2) is 42.6 Å². The highest BCUT2D eigenvalue weighted by Gasteiger charge is 2.26. The predicted molar refractivity (Wildman–Crippen MR) is 169 cm³/mol. The molecule has 0 radical (unpaired) electrons. The number of anilines is 3. The van der Waals surface area contributed by atoms with Gasteiger partial charge < -0.3 is 19.3 Å². The van der Waals surface area contributed by atoms with E-state index in [1.165, 1.54) is 17.4 Å². The average molecular weight is 621 g/mol. The number of ether oxygens (including phenoxy) is 2. The minimum atomic E-state index is -0.664. The molecule has 2 aromatic heterocycles. The number of fused-ring (bicyclic) bond motifs is 2. The number of hydrogen-bond acceptors (Lipinski definition) is 9. The van der Waals surface area contributed by atoms with Crippen LogP contribution < -0.4 is 15.0 Å². The van der Waals surface area contributed by atoms with Crippen LogP contribution in [-0.2, 0) is 4.74 Å². The van der Waals surface area contributed by atoms with Gasteiger partial charge in [-0.3, -0.25) is 5.32 Å². The number of carbonyl (C=O) groups is 1. The molecule has 0 saturated heterocycles. The fraction of sp³-hybridized carbons (Fsp3) is 0.375. The Bertz CT molecular complexity index is 1770. The van der Waals surface area contributed by atoms with E-state index < -0.39 is 17.2 Å². The summed E-state index contributed by atoms with van der Waals surface area (Å²) in [7, 11) is 0. The molecule has 2 aliphatic heterocycles. The normalized spacial score (nSPS) is 15.2. The van der Waals surface area contributed by atoms with Crippen molar-refractivity contribution in [2.45, 2.75) is 52.7 Å². The zero-order valence-electron chi connectivity index (χ0n) is 25.3. The van der Waals surface area contributed by atoms with Gasteiger partial charge in [-0.2, -0.15) is 0 Å². The Morgan fingerprint density at radius 2 is 1.91 bits per heavy atom. The van der Waals surface area contributed by atoms with Gasteiger partial charge in [0, 0.05) is 24.7 Å². The van der Waals surface area contributed by atoms with Gasteiger partial charge in [0.2, 0.25) is 5.95 Å². The van der Waals surface area contributed by atoms with E-state index in [0.717, 1.165) is 27.6 Å². The van der Waals surface area contributed by atoms with Crippen LogP contribution in [0.1, 0.15) is 46.6 Å².